The van der Waals surface area contributed by atoms with Gasteiger partial charge in [-0.15, -0.1) is 0 Å². The molecule has 0 saturated heterocycles. The maximum atomic E-state index is 13.9. The standard InChI is InChI=1S/C19H13ClF3NO3/c1-2-27-19(26)14-9-24(8-10-3-11(21)5-12(22)4-10)17-7-15(20)16(23)6-13(17)18(14)25/h3-7,9H,2,8H2,1H3. The van der Waals surface area contributed by atoms with E-state index in [0.717, 1.165) is 24.3 Å². The van der Waals surface area contributed by atoms with Crippen molar-refractivity contribution in [1.82, 2.24) is 4.57 Å². The molecule has 140 valence electrons. The van der Waals surface area contributed by atoms with Gasteiger partial charge in [-0.2, -0.15) is 0 Å². The number of aromatic nitrogens is 1. The second-order valence-corrected chi connectivity index (χ2v) is 6.19. The highest BCUT2D eigenvalue weighted by molar-refractivity contribution is 6.31. The van der Waals surface area contributed by atoms with Gasteiger partial charge in [-0.3, -0.25) is 4.79 Å². The minimum atomic E-state index is -0.876. The second kappa shape index (κ2) is 7.44. The quantitative estimate of drug-likeness (QED) is 0.619. The fourth-order valence-corrected chi connectivity index (χ4v) is 2.93. The van der Waals surface area contributed by atoms with Crippen LogP contribution in [0.2, 0.25) is 5.02 Å². The van der Waals surface area contributed by atoms with Crippen molar-refractivity contribution in [2.24, 2.45) is 0 Å². The summed E-state index contributed by atoms with van der Waals surface area (Å²) >= 11 is 5.82. The van der Waals surface area contributed by atoms with E-state index in [-0.39, 0.29) is 40.2 Å². The smallest absolute Gasteiger partial charge is 0.343 e. The maximum absolute atomic E-state index is 13.9. The number of pyridine rings is 1. The molecular weight excluding hydrogens is 383 g/mol. The Kier molecular flexibility index (Phi) is 5.23. The van der Waals surface area contributed by atoms with Crippen molar-refractivity contribution >= 4 is 28.5 Å². The lowest BCUT2D eigenvalue weighted by Crippen LogP contribution is -2.21. The molecule has 0 aliphatic rings. The van der Waals surface area contributed by atoms with Crippen LogP contribution in [0.1, 0.15) is 22.8 Å². The molecule has 0 amide bonds. The summed E-state index contributed by atoms with van der Waals surface area (Å²) in [6, 6.07) is 5.09. The fourth-order valence-electron chi connectivity index (χ4n) is 2.77. The van der Waals surface area contributed by atoms with Crippen LogP contribution in [0.15, 0.2) is 41.3 Å². The highest BCUT2D eigenvalue weighted by Gasteiger charge is 2.18. The van der Waals surface area contributed by atoms with E-state index in [4.69, 9.17) is 16.3 Å². The first-order chi connectivity index (χ1) is 12.8. The van der Waals surface area contributed by atoms with Crippen LogP contribution in [0.5, 0.6) is 0 Å². The van der Waals surface area contributed by atoms with Crippen molar-refractivity contribution in [2.75, 3.05) is 6.61 Å². The van der Waals surface area contributed by atoms with Gasteiger partial charge in [0.1, 0.15) is 23.0 Å². The Morgan fingerprint density at radius 1 is 1.11 bits per heavy atom. The van der Waals surface area contributed by atoms with Gasteiger partial charge in [-0.1, -0.05) is 11.6 Å². The Balaban J connectivity index is 2.25. The number of carbonyl (C=O) groups is 1. The summed E-state index contributed by atoms with van der Waals surface area (Å²) in [6.07, 6.45) is 1.21. The summed E-state index contributed by atoms with van der Waals surface area (Å²) in [7, 11) is 0. The van der Waals surface area contributed by atoms with E-state index >= 15 is 0 Å². The van der Waals surface area contributed by atoms with Gasteiger partial charge in [-0.25, -0.2) is 18.0 Å². The topological polar surface area (TPSA) is 48.3 Å². The predicted octanol–water partition coefficient (Wildman–Crippen LogP) is 4.30. The van der Waals surface area contributed by atoms with E-state index in [1.807, 2.05) is 0 Å². The van der Waals surface area contributed by atoms with Gasteiger partial charge in [-0.05, 0) is 36.8 Å². The molecule has 27 heavy (non-hydrogen) atoms. The van der Waals surface area contributed by atoms with Crippen molar-refractivity contribution in [3.05, 3.63) is 80.4 Å². The number of hydrogen-bond donors (Lipinski definition) is 0. The van der Waals surface area contributed by atoms with Gasteiger partial charge in [0.2, 0.25) is 5.43 Å². The Hall–Kier alpha value is -2.80. The van der Waals surface area contributed by atoms with Crippen LogP contribution in [-0.4, -0.2) is 17.1 Å². The first-order valence-corrected chi connectivity index (χ1v) is 8.32. The van der Waals surface area contributed by atoms with Crippen molar-refractivity contribution in [3.63, 3.8) is 0 Å². The minimum Gasteiger partial charge on any atom is -0.462 e. The second-order valence-electron chi connectivity index (χ2n) is 5.78. The number of nitrogens with zero attached hydrogens (tertiary/aromatic N) is 1. The lowest BCUT2D eigenvalue weighted by molar-refractivity contribution is 0.0524. The predicted molar refractivity (Wildman–Crippen MR) is 94.6 cm³/mol. The van der Waals surface area contributed by atoms with Gasteiger partial charge in [0.15, 0.2) is 0 Å². The summed E-state index contributed by atoms with van der Waals surface area (Å²) in [4.78, 5) is 24.7. The average Bonchev–Trinajstić information content (AvgIpc) is 2.58. The molecule has 0 saturated carbocycles. The largest absolute Gasteiger partial charge is 0.462 e. The van der Waals surface area contributed by atoms with E-state index in [0.29, 0.717) is 0 Å². The molecule has 0 atom stereocenters. The molecule has 8 heteroatoms. The number of ether oxygens (including phenoxy) is 1. The third kappa shape index (κ3) is 3.83. The van der Waals surface area contributed by atoms with E-state index < -0.39 is 28.8 Å². The minimum absolute atomic E-state index is 0.0421. The zero-order valence-electron chi connectivity index (χ0n) is 14.1. The molecule has 0 bridgehead atoms. The Morgan fingerprint density at radius 3 is 2.41 bits per heavy atom. The zero-order chi connectivity index (χ0) is 19.7. The van der Waals surface area contributed by atoms with Crippen molar-refractivity contribution in [1.29, 1.82) is 0 Å². The van der Waals surface area contributed by atoms with E-state index in [9.17, 15) is 22.8 Å². The van der Waals surface area contributed by atoms with Crippen LogP contribution in [-0.2, 0) is 11.3 Å². The van der Waals surface area contributed by atoms with E-state index in [1.54, 1.807) is 6.92 Å². The Morgan fingerprint density at radius 2 is 1.78 bits per heavy atom. The summed E-state index contributed by atoms with van der Waals surface area (Å²) in [5, 5.41) is -0.329. The van der Waals surface area contributed by atoms with Crippen LogP contribution in [0, 0.1) is 17.5 Å². The highest BCUT2D eigenvalue weighted by Crippen LogP contribution is 2.23. The van der Waals surface area contributed by atoms with Crippen LogP contribution in [0.25, 0.3) is 10.9 Å². The monoisotopic (exact) mass is 395 g/mol. The molecule has 0 aliphatic heterocycles. The van der Waals surface area contributed by atoms with Crippen LogP contribution >= 0.6 is 11.6 Å². The average molecular weight is 396 g/mol. The van der Waals surface area contributed by atoms with Crippen LogP contribution in [0.4, 0.5) is 13.2 Å². The Bertz CT molecular complexity index is 1090. The number of rotatable bonds is 4. The summed E-state index contributed by atoms with van der Waals surface area (Å²) in [5.74, 6) is -3.25. The molecule has 0 spiro atoms. The molecule has 0 radical (unpaired) electrons. The summed E-state index contributed by atoms with van der Waals surface area (Å²) in [6.45, 7) is 1.53. The van der Waals surface area contributed by atoms with Gasteiger partial charge >= 0.3 is 5.97 Å². The van der Waals surface area contributed by atoms with E-state index in [1.165, 1.54) is 16.8 Å². The highest BCUT2D eigenvalue weighted by atomic mass is 35.5. The molecule has 1 heterocycles. The van der Waals surface area contributed by atoms with E-state index in [2.05, 4.69) is 0 Å². The molecule has 3 rings (SSSR count). The van der Waals surface area contributed by atoms with Crippen LogP contribution in [0.3, 0.4) is 0 Å². The number of esters is 1. The SMILES string of the molecule is CCOC(=O)c1cn(Cc2cc(F)cc(F)c2)c2cc(Cl)c(F)cc2c1=O. The van der Waals surface area contributed by atoms with Crippen molar-refractivity contribution in [2.45, 2.75) is 13.5 Å². The lowest BCUT2D eigenvalue weighted by Gasteiger charge is -2.14. The first kappa shape index (κ1) is 19.0. The number of benzene rings is 2. The van der Waals surface area contributed by atoms with Crippen molar-refractivity contribution < 1.29 is 22.7 Å². The first-order valence-electron chi connectivity index (χ1n) is 7.94. The molecule has 0 N–H and O–H groups in total. The third-order valence-corrected chi connectivity index (χ3v) is 4.18. The number of carbonyl (C=O) groups excluding carboxylic acids is 1. The number of halogens is 4. The molecule has 0 aliphatic carbocycles. The molecular formula is C19H13ClF3NO3. The van der Waals surface area contributed by atoms with Crippen LogP contribution < -0.4 is 5.43 Å². The molecule has 0 fully saturated rings. The summed E-state index contributed by atoms with van der Waals surface area (Å²) in [5.41, 5.74) is -0.583. The molecule has 2 aromatic carbocycles. The van der Waals surface area contributed by atoms with Gasteiger partial charge in [0.05, 0.1) is 17.1 Å². The summed E-state index contributed by atoms with van der Waals surface area (Å²) < 4.78 is 47.1. The molecule has 3 aromatic rings. The van der Waals surface area contributed by atoms with Gasteiger partial charge in [0, 0.05) is 24.2 Å². The molecule has 0 unspecified atom stereocenters. The maximum Gasteiger partial charge on any atom is 0.343 e. The van der Waals surface area contributed by atoms with Gasteiger partial charge < -0.3 is 9.30 Å². The fraction of sp³-hybridized carbons (Fsp3) is 0.158. The number of fused-ring (bicyclic) bond motifs is 1. The van der Waals surface area contributed by atoms with Crippen molar-refractivity contribution in [3.8, 4) is 0 Å². The normalized spacial score (nSPS) is 11.0. The van der Waals surface area contributed by atoms with Gasteiger partial charge in [0.25, 0.3) is 0 Å². The third-order valence-electron chi connectivity index (χ3n) is 3.89. The zero-order valence-corrected chi connectivity index (χ0v) is 14.8. The molecule has 4 nitrogen and oxygen atoms in total. The molecule has 1 aromatic heterocycles. The Labute approximate surface area is 156 Å². The lowest BCUT2D eigenvalue weighted by atomic mass is 10.1. The number of hydrogen-bond acceptors (Lipinski definition) is 3.